The van der Waals surface area contributed by atoms with Crippen LogP contribution in [0.4, 0.5) is 6.01 Å². The summed E-state index contributed by atoms with van der Waals surface area (Å²) in [5, 5.41) is 19.5. The summed E-state index contributed by atoms with van der Waals surface area (Å²) < 4.78 is 5.05. The van der Waals surface area contributed by atoms with Gasteiger partial charge in [-0.3, -0.25) is 15.0 Å². The van der Waals surface area contributed by atoms with Crippen LogP contribution in [0.15, 0.2) is 4.42 Å². The van der Waals surface area contributed by atoms with E-state index in [0.717, 1.165) is 0 Å². The molecule has 7 nitrogen and oxygen atoms in total. The minimum Gasteiger partial charge on any atom is -0.408 e. The molecule has 18 heavy (non-hydrogen) atoms. The molecule has 0 saturated heterocycles. The number of anilines is 1. The summed E-state index contributed by atoms with van der Waals surface area (Å²) in [6, 6.07) is 0.0943. The van der Waals surface area contributed by atoms with E-state index in [9.17, 15) is 9.90 Å². The number of hydrogen-bond acceptors (Lipinski definition) is 6. The lowest BCUT2D eigenvalue weighted by Gasteiger charge is -2.27. The van der Waals surface area contributed by atoms with Crippen molar-refractivity contribution in [3.8, 4) is 0 Å². The summed E-state index contributed by atoms with van der Waals surface area (Å²) in [6.45, 7) is 8.23. The summed E-state index contributed by atoms with van der Waals surface area (Å²) in [6.07, 6.45) is 0. The molecule has 0 bridgehead atoms. The van der Waals surface area contributed by atoms with Gasteiger partial charge in [0, 0.05) is 13.5 Å². The zero-order valence-corrected chi connectivity index (χ0v) is 11.2. The quantitative estimate of drug-likeness (QED) is 0.766. The molecule has 0 aromatic carbocycles. The van der Waals surface area contributed by atoms with Crippen molar-refractivity contribution in [2.45, 2.75) is 33.3 Å². The maximum absolute atomic E-state index is 11.7. The van der Waals surface area contributed by atoms with Crippen LogP contribution in [0.5, 0.6) is 0 Å². The van der Waals surface area contributed by atoms with Gasteiger partial charge in [-0.05, 0) is 20.4 Å². The van der Waals surface area contributed by atoms with Crippen LogP contribution in [0.1, 0.15) is 26.7 Å². The maximum Gasteiger partial charge on any atom is 0.322 e. The van der Waals surface area contributed by atoms with Gasteiger partial charge in [0.1, 0.15) is 0 Å². The van der Waals surface area contributed by atoms with Crippen LogP contribution in [0.25, 0.3) is 0 Å². The van der Waals surface area contributed by atoms with E-state index in [2.05, 4.69) is 15.5 Å². The summed E-state index contributed by atoms with van der Waals surface area (Å²) in [7, 11) is 0. The molecular weight excluding hydrogens is 236 g/mol. The van der Waals surface area contributed by atoms with Crippen molar-refractivity contribution in [2.75, 3.05) is 25.0 Å². The number of likely N-dealkylation sites (N-methyl/N-ethyl adjacent to an activating group) is 1. The van der Waals surface area contributed by atoms with Gasteiger partial charge in [-0.1, -0.05) is 12.0 Å². The van der Waals surface area contributed by atoms with Gasteiger partial charge in [-0.25, -0.2) is 0 Å². The van der Waals surface area contributed by atoms with Crippen LogP contribution in [0.2, 0.25) is 0 Å². The average molecular weight is 256 g/mol. The first kappa shape index (κ1) is 14.6. The normalized spacial score (nSPS) is 11.9. The number of rotatable bonds is 6. The monoisotopic (exact) mass is 256 g/mol. The Balaban J connectivity index is 2.47. The Labute approximate surface area is 106 Å². The van der Waals surface area contributed by atoms with E-state index in [-0.39, 0.29) is 18.5 Å². The Morgan fingerprint density at radius 3 is 2.61 bits per heavy atom. The SMILES string of the molecule is CCN(CC(=O)Nc1nnc(C)o1)CC(C)(C)O. The van der Waals surface area contributed by atoms with Gasteiger partial charge in [0.2, 0.25) is 11.8 Å². The van der Waals surface area contributed by atoms with Gasteiger partial charge in [-0.2, -0.15) is 0 Å². The first-order valence-corrected chi connectivity index (χ1v) is 5.85. The summed E-state index contributed by atoms with van der Waals surface area (Å²) in [5.74, 6) is 0.152. The molecule has 0 aliphatic rings. The third-order valence-electron chi connectivity index (χ3n) is 2.20. The number of aromatic nitrogens is 2. The lowest BCUT2D eigenvalue weighted by molar-refractivity contribution is -0.118. The standard InChI is InChI=1S/C11H20N4O3/c1-5-15(7-11(3,4)17)6-9(16)12-10-14-13-8(2)18-10/h17H,5-7H2,1-4H3,(H,12,14,16). The highest BCUT2D eigenvalue weighted by atomic mass is 16.4. The second-order valence-electron chi connectivity index (χ2n) is 4.79. The zero-order valence-electron chi connectivity index (χ0n) is 11.2. The summed E-state index contributed by atoms with van der Waals surface area (Å²) in [5.41, 5.74) is -0.836. The minimum absolute atomic E-state index is 0.0943. The number of amides is 1. The van der Waals surface area contributed by atoms with Crippen LogP contribution in [-0.4, -0.2) is 51.3 Å². The number of carbonyl (C=O) groups excluding carboxylic acids is 1. The molecule has 0 aliphatic carbocycles. The van der Waals surface area contributed by atoms with E-state index in [0.29, 0.717) is 19.0 Å². The van der Waals surface area contributed by atoms with Crippen LogP contribution < -0.4 is 5.32 Å². The van der Waals surface area contributed by atoms with Gasteiger partial charge < -0.3 is 9.52 Å². The van der Waals surface area contributed by atoms with Crippen LogP contribution in [0, 0.1) is 6.92 Å². The number of nitrogens with zero attached hydrogens (tertiary/aromatic N) is 3. The third kappa shape index (κ3) is 5.24. The van der Waals surface area contributed by atoms with Gasteiger partial charge >= 0.3 is 6.01 Å². The molecule has 1 aromatic rings. The predicted octanol–water partition coefficient (Wildman–Crippen LogP) is 0.409. The fourth-order valence-electron chi connectivity index (χ4n) is 1.54. The Morgan fingerprint density at radius 2 is 2.17 bits per heavy atom. The predicted molar refractivity (Wildman–Crippen MR) is 66.1 cm³/mol. The molecule has 7 heteroatoms. The molecule has 0 unspecified atom stereocenters. The number of hydrogen-bond donors (Lipinski definition) is 2. The summed E-state index contributed by atoms with van der Waals surface area (Å²) in [4.78, 5) is 13.5. The van der Waals surface area contributed by atoms with E-state index >= 15 is 0 Å². The second kappa shape index (κ2) is 5.92. The van der Waals surface area contributed by atoms with Crippen molar-refractivity contribution >= 4 is 11.9 Å². The zero-order chi connectivity index (χ0) is 13.8. The smallest absolute Gasteiger partial charge is 0.322 e. The third-order valence-corrected chi connectivity index (χ3v) is 2.20. The van der Waals surface area contributed by atoms with Crippen LogP contribution >= 0.6 is 0 Å². The lowest BCUT2D eigenvalue weighted by atomic mass is 10.1. The highest BCUT2D eigenvalue weighted by Crippen LogP contribution is 2.06. The van der Waals surface area contributed by atoms with E-state index in [1.54, 1.807) is 20.8 Å². The van der Waals surface area contributed by atoms with Crippen molar-refractivity contribution in [1.29, 1.82) is 0 Å². The molecule has 1 heterocycles. The highest BCUT2D eigenvalue weighted by molar-refractivity contribution is 5.90. The molecule has 0 fully saturated rings. The van der Waals surface area contributed by atoms with Crippen molar-refractivity contribution in [2.24, 2.45) is 0 Å². The number of nitrogens with one attached hydrogen (secondary N) is 1. The Morgan fingerprint density at radius 1 is 1.50 bits per heavy atom. The molecule has 0 radical (unpaired) electrons. The lowest BCUT2D eigenvalue weighted by Crippen LogP contribution is -2.42. The fraction of sp³-hybridized carbons (Fsp3) is 0.727. The van der Waals surface area contributed by atoms with Crippen molar-refractivity contribution in [3.63, 3.8) is 0 Å². The molecule has 1 amide bonds. The van der Waals surface area contributed by atoms with Gasteiger partial charge in [-0.15, -0.1) is 5.10 Å². The molecule has 0 aliphatic heterocycles. The number of aliphatic hydroxyl groups is 1. The topological polar surface area (TPSA) is 91.5 Å². The van der Waals surface area contributed by atoms with Crippen molar-refractivity contribution < 1.29 is 14.3 Å². The van der Waals surface area contributed by atoms with E-state index in [4.69, 9.17) is 4.42 Å². The molecule has 1 aromatic heterocycles. The van der Waals surface area contributed by atoms with Crippen molar-refractivity contribution in [3.05, 3.63) is 5.89 Å². The molecular formula is C11H20N4O3. The largest absolute Gasteiger partial charge is 0.408 e. The fourth-order valence-corrected chi connectivity index (χ4v) is 1.54. The number of aryl methyl sites for hydroxylation is 1. The van der Waals surface area contributed by atoms with E-state index in [1.807, 2.05) is 11.8 Å². The second-order valence-corrected chi connectivity index (χ2v) is 4.79. The molecule has 0 saturated carbocycles. The maximum atomic E-state index is 11.7. The first-order chi connectivity index (χ1) is 8.30. The van der Waals surface area contributed by atoms with Crippen molar-refractivity contribution in [1.82, 2.24) is 15.1 Å². The molecule has 102 valence electrons. The first-order valence-electron chi connectivity index (χ1n) is 5.85. The van der Waals surface area contributed by atoms with Gasteiger partial charge in [0.05, 0.1) is 12.1 Å². The Hall–Kier alpha value is -1.47. The molecule has 2 N–H and O–H groups in total. The molecule has 1 rings (SSSR count). The Kier molecular flexibility index (Phi) is 4.80. The van der Waals surface area contributed by atoms with Crippen LogP contribution in [0.3, 0.4) is 0 Å². The average Bonchev–Trinajstić information content (AvgIpc) is 2.60. The summed E-state index contributed by atoms with van der Waals surface area (Å²) >= 11 is 0. The molecule has 0 spiro atoms. The van der Waals surface area contributed by atoms with E-state index in [1.165, 1.54) is 0 Å². The molecule has 0 atom stereocenters. The van der Waals surface area contributed by atoms with Gasteiger partial charge in [0.15, 0.2) is 0 Å². The minimum atomic E-state index is -0.836. The van der Waals surface area contributed by atoms with Gasteiger partial charge in [0.25, 0.3) is 0 Å². The highest BCUT2D eigenvalue weighted by Gasteiger charge is 2.19. The number of carbonyl (C=O) groups is 1. The Bertz CT molecular complexity index is 397. The van der Waals surface area contributed by atoms with E-state index < -0.39 is 5.60 Å². The van der Waals surface area contributed by atoms with Crippen LogP contribution in [-0.2, 0) is 4.79 Å².